The standard InChI is InChI=1S/C58H55N3O6/c1-8-9-10-11-12-13-30-59-55(62)47-26-28-49-54-50(29-27-48(53(47)54)56(59)63)58(65)61(57(49)64)43-16-14-39(15-17-43)40-31-35(2)51(36(3)32-40)52-37(4)33-44(34-38(52)5)60(41-18-22-45(66-6)23-19-41)42-20-24-46(67-7)25-21-42/h14-29,31-34H,8-13,30H2,1-7H3. The minimum absolute atomic E-state index is 0.291. The highest BCUT2D eigenvalue weighted by molar-refractivity contribution is 6.39. The van der Waals surface area contributed by atoms with Crippen molar-refractivity contribution < 1.29 is 28.7 Å². The van der Waals surface area contributed by atoms with Crippen molar-refractivity contribution in [2.24, 2.45) is 0 Å². The number of hydrogen-bond acceptors (Lipinski definition) is 7. The van der Waals surface area contributed by atoms with Crippen LogP contribution in [0.25, 0.3) is 33.0 Å². The molecule has 0 radical (unpaired) electrons. The first-order valence-electron chi connectivity index (χ1n) is 23.2. The number of methoxy groups -OCH3 is 2. The molecule has 2 heterocycles. The lowest BCUT2D eigenvalue weighted by molar-refractivity contribution is 0.0606. The zero-order chi connectivity index (χ0) is 47.1. The van der Waals surface area contributed by atoms with Crippen LogP contribution in [-0.4, -0.2) is 49.3 Å². The Morgan fingerprint density at radius 2 is 0.866 bits per heavy atom. The molecule has 0 aliphatic carbocycles. The molecule has 2 aliphatic rings. The Kier molecular flexibility index (Phi) is 12.3. The molecule has 67 heavy (non-hydrogen) atoms. The largest absolute Gasteiger partial charge is 0.497 e. The third-order valence-electron chi connectivity index (χ3n) is 13.4. The second-order valence-corrected chi connectivity index (χ2v) is 17.8. The predicted molar refractivity (Wildman–Crippen MR) is 268 cm³/mol. The Bertz CT molecular complexity index is 2940. The number of benzene rings is 7. The van der Waals surface area contributed by atoms with Crippen molar-refractivity contribution in [3.8, 4) is 33.8 Å². The first kappa shape index (κ1) is 44.7. The molecule has 0 fully saturated rings. The van der Waals surface area contributed by atoms with E-state index in [0.717, 1.165) is 94.0 Å². The van der Waals surface area contributed by atoms with Gasteiger partial charge in [-0.15, -0.1) is 0 Å². The summed E-state index contributed by atoms with van der Waals surface area (Å²) in [6.45, 7) is 11.1. The molecule has 0 atom stereocenters. The molecule has 0 unspecified atom stereocenters. The summed E-state index contributed by atoms with van der Waals surface area (Å²) < 4.78 is 10.9. The average Bonchev–Trinajstić information content (AvgIpc) is 3.33. The molecule has 0 spiro atoms. The van der Waals surface area contributed by atoms with Gasteiger partial charge in [0, 0.05) is 56.6 Å². The fourth-order valence-corrected chi connectivity index (χ4v) is 10.1. The van der Waals surface area contributed by atoms with E-state index >= 15 is 0 Å². The summed E-state index contributed by atoms with van der Waals surface area (Å²) in [7, 11) is 3.34. The van der Waals surface area contributed by atoms with Gasteiger partial charge in [0.1, 0.15) is 11.5 Å². The number of aryl methyl sites for hydroxylation is 4. The molecule has 338 valence electrons. The number of unbranched alkanes of at least 4 members (excludes halogenated alkanes) is 5. The molecule has 4 amide bonds. The summed E-state index contributed by atoms with van der Waals surface area (Å²) in [5.41, 5.74) is 13.6. The van der Waals surface area contributed by atoms with E-state index in [2.05, 4.69) is 88.0 Å². The van der Waals surface area contributed by atoms with Crippen molar-refractivity contribution >= 4 is 57.2 Å². The number of rotatable bonds is 15. The molecular formula is C58H55N3O6. The van der Waals surface area contributed by atoms with Crippen molar-refractivity contribution in [2.75, 3.05) is 30.6 Å². The molecule has 9 heteroatoms. The van der Waals surface area contributed by atoms with E-state index in [4.69, 9.17) is 9.47 Å². The van der Waals surface area contributed by atoms with Crippen molar-refractivity contribution in [1.82, 2.24) is 4.90 Å². The molecule has 0 bridgehead atoms. The maximum absolute atomic E-state index is 14.3. The van der Waals surface area contributed by atoms with Crippen LogP contribution >= 0.6 is 0 Å². The number of nitrogens with zero attached hydrogens (tertiary/aromatic N) is 3. The highest BCUT2D eigenvalue weighted by Crippen LogP contribution is 2.43. The number of amides is 4. The van der Waals surface area contributed by atoms with E-state index in [-0.39, 0.29) is 11.8 Å². The highest BCUT2D eigenvalue weighted by atomic mass is 16.5. The van der Waals surface area contributed by atoms with Crippen LogP contribution in [0.4, 0.5) is 22.7 Å². The lowest BCUT2D eigenvalue weighted by atomic mass is 9.85. The van der Waals surface area contributed by atoms with Crippen molar-refractivity contribution in [3.05, 3.63) is 166 Å². The third-order valence-corrected chi connectivity index (χ3v) is 13.4. The molecule has 0 aromatic heterocycles. The van der Waals surface area contributed by atoms with Gasteiger partial charge >= 0.3 is 0 Å². The van der Waals surface area contributed by atoms with Gasteiger partial charge in [-0.3, -0.25) is 24.1 Å². The monoisotopic (exact) mass is 889 g/mol. The van der Waals surface area contributed by atoms with Crippen LogP contribution in [0.1, 0.15) is 109 Å². The molecule has 0 N–H and O–H groups in total. The van der Waals surface area contributed by atoms with Gasteiger partial charge in [-0.05, 0) is 176 Å². The van der Waals surface area contributed by atoms with E-state index < -0.39 is 11.8 Å². The van der Waals surface area contributed by atoms with Gasteiger partial charge in [0.15, 0.2) is 0 Å². The van der Waals surface area contributed by atoms with E-state index in [1.54, 1.807) is 50.6 Å². The van der Waals surface area contributed by atoms with Gasteiger partial charge in [0.05, 0.1) is 19.9 Å². The second kappa shape index (κ2) is 18.4. The number of imide groups is 2. The normalized spacial score (nSPS) is 13.2. The van der Waals surface area contributed by atoms with Crippen LogP contribution < -0.4 is 19.3 Å². The summed E-state index contributed by atoms with van der Waals surface area (Å²) in [4.78, 5) is 60.7. The van der Waals surface area contributed by atoms with Crippen LogP contribution in [0.3, 0.4) is 0 Å². The maximum atomic E-state index is 14.3. The molecule has 9 nitrogen and oxygen atoms in total. The van der Waals surface area contributed by atoms with Crippen molar-refractivity contribution in [3.63, 3.8) is 0 Å². The first-order chi connectivity index (χ1) is 32.4. The number of anilines is 4. The predicted octanol–water partition coefficient (Wildman–Crippen LogP) is 13.7. The smallest absolute Gasteiger partial charge is 0.265 e. The Morgan fingerprint density at radius 1 is 0.448 bits per heavy atom. The van der Waals surface area contributed by atoms with E-state index in [1.165, 1.54) is 27.3 Å². The third kappa shape index (κ3) is 8.02. The fraction of sp³-hybridized carbons (Fsp3) is 0.241. The lowest BCUT2D eigenvalue weighted by Crippen LogP contribution is -2.43. The van der Waals surface area contributed by atoms with Crippen molar-refractivity contribution in [1.29, 1.82) is 0 Å². The number of ether oxygens (including phenoxy) is 2. The Morgan fingerprint density at radius 3 is 1.31 bits per heavy atom. The number of carbonyl (C=O) groups excluding carboxylic acids is 4. The fourth-order valence-electron chi connectivity index (χ4n) is 10.1. The topological polar surface area (TPSA) is 96.5 Å². The highest BCUT2D eigenvalue weighted by Gasteiger charge is 2.40. The van der Waals surface area contributed by atoms with Gasteiger partial charge in [-0.2, -0.15) is 0 Å². The SMILES string of the molecule is CCCCCCCCN1C(=O)c2ccc3c4c(ccc(c24)C1=O)C(=O)N(c1ccc(-c2cc(C)c(-c4c(C)cc(N(c5ccc(OC)cc5)c5ccc(OC)cc5)cc4C)c(C)c2)cc1)C3=O. The van der Waals surface area contributed by atoms with Crippen LogP contribution in [0.2, 0.25) is 0 Å². The summed E-state index contributed by atoms with van der Waals surface area (Å²) >= 11 is 0. The van der Waals surface area contributed by atoms with E-state index in [1.807, 2.05) is 36.4 Å². The number of carbonyl (C=O) groups is 4. The number of hydrogen-bond donors (Lipinski definition) is 0. The molecule has 7 aromatic carbocycles. The van der Waals surface area contributed by atoms with Gasteiger partial charge in [0.2, 0.25) is 0 Å². The summed E-state index contributed by atoms with van der Waals surface area (Å²) in [5, 5.41) is 0.761. The zero-order valence-corrected chi connectivity index (χ0v) is 39.3. The zero-order valence-electron chi connectivity index (χ0n) is 39.3. The Labute approximate surface area is 392 Å². The molecule has 0 saturated carbocycles. The molecular weight excluding hydrogens is 835 g/mol. The molecule has 0 saturated heterocycles. The molecule has 9 rings (SSSR count). The summed E-state index contributed by atoms with van der Waals surface area (Å²) in [6, 6.07) is 39.0. The van der Waals surface area contributed by atoms with Crippen LogP contribution in [0, 0.1) is 27.7 Å². The van der Waals surface area contributed by atoms with Crippen LogP contribution in [0.5, 0.6) is 11.5 Å². The minimum atomic E-state index is -0.493. The van der Waals surface area contributed by atoms with E-state index in [0.29, 0.717) is 45.3 Å². The summed E-state index contributed by atoms with van der Waals surface area (Å²) in [5.74, 6) is -0.174. The van der Waals surface area contributed by atoms with Crippen LogP contribution in [-0.2, 0) is 0 Å². The minimum Gasteiger partial charge on any atom is -0.497 e. The molecule has 7 aromatic rings. The second-order valence-electron chi connectivity index (χ2n) is 17.8. The quantitative estimate of drug-likeness (QED) is 0.0747. The Hall–Kier alpha value is -7.52. The van der Waals surface area contributed by atoms with Gasteiger partial charge in [-0.1, -0.05) is 63.3 Å². The average molecular weight is 890 g/mol. The van der Waals surface area contributed by atoms with Gasteiger partial charge in [0.25, 0.3) is 23.6 Å². The van der Waals surface area contributed by atoms with Crippen molar-refractivity contribution in [2.45, 2.75) is 73.1 Å². The Balaban J connectivity index is 0.975. The summed E-state index contributed by atoms with van der Waals surface area (Å²) in [6.07, 6.45) is 6.20. The van der Waals surface area contributed by atoms with Crippen LogP contribution in [0.15, 0.2) is 121 Å². The van der Waals surface area contributed by atoms with Gasteiger partial charge in [-0.25, -0.2) is 4.90 Å². The van der Waals surface area contributed by atoms with E-state index in [9.17, 15) is 19.2 Å². The molecule has 2 aliphatic heterocycles. The first-order valence-corrected chi connectivity index (χ1v) is 23.2. The lowest BCUT2D eigenvalue weighted by Gasteiger charge is -2.32. The maximum Gasteiger partial charge on any atom is 0.265 e. The van der Waals surface area contributed by atoms with Gasteiger partial charge < -0.3 is 14.4 Å².